The number of carbonyl (C=O) groups is 1. The highest BCUT2D eigenvalue weighted by Gasteiger charge is 2.13. The Hall–Kier alpha value is -2.91. The molecule has 2 nitrogen and oxygen atoms in total. The van der Waals surface area contributed by atoms with Gasteiger partial charge in [0.1, 0.15) is 10.6 Å². The molecular formula is C26H26O2S. The lowest BCUT2D eigenvalue weighted by Gasteiger charge is -2.04. The van der Waals surface area contributed by atoms with E-state index in [2.05, 4.69) is 62.5 Å². The maximum Gasteiger partial charge on any atom is 0.353 e. The van der Waals surface area contributed by atoms with Gasteiger partial charge in [0.15, 0.2) is 0 Å². The van der Waals surface area contributed by atoms with Crippen LogP contribution in [0.4, 0.5) is 0 Å². The van der Waals surface area contributed by atoms with Crippen molar-refractivity contribution in [3.8, 4) is 11.1 Å². The van der Waals surface area contributed by atoms with Crippen LogP contribution in [-0.4, -0.2) is 5.97 Å². The first-order chi connectivity index (χ1) is 14.0. The Morgan fingerprint density at radius 3 is 2.41 bits per heavy atom. The molecule has 0 aliphatic rings. The second-order valence-electron chi connectivity index (χ2n) is 7.01. The Kier molecular flexibility index (Phi) is 6.84. The molecule has 0 fully saturated rings. The van der Waals surface area contributed by atoms with Crippen LogP contribution in [0.5, 0.6) is 0 Å². The van der Waals surface area contributed by atoms with Crippen LogP contribution >= 0.6 is 11.3 Å². The predicted octanol–water partition coefficient (Wildman–Crippen LogP) is 7.71. The van der Waals surface area contributed by atoms with Gasteiger partial charge in [-0.2, -0.15) is 0 Å². The number of thiophene rings is 1. The molecule has 0 aliphatic heterocycles. The van der Waals surface area contributed by atoms with Crippen molar-refractivity contribution in [2.75, 3.05) is 0 Å². The first-order valence-corrected chi connectivity index (χ1v) is 10.7. The normalized spacial score (nSPS) is 11.1. The van der Waals surface area contributed by atoms with E-state index in [0.29, 0.717) is 10.6 Å². The number of esters is 1. The molecular weight excluding hydrogens is 376 g/mol. The molecule has 29 heavy (non-hydrogen) atoms. The Balaban J connectivity index is 1.76. The molecule has 1 heterocycles. The highest BCUT2D eigenvalue weighted by molar-refractivity contribution is 7.20. The van der Waals surface area contributed by atoms with Gasteiger partial charge in [-0.05, 0) is 53.1 Å². The lowest BCUT2D eigenvalue weighted by atomic mass is 10.0. The zero-order valence-electron chi connectivity index (χ0n) is 17.0. The molecule has 0 bridgehead atoms. The van der Waals surface area contributed by atoms with Crippen molar-refractivity contribution < 1.29 is 9.53 Å². The van der Waals surface area contributed by atoms with Crippen molar-refractivity contribution >= 4 is 27.4 Å². The SMILES string of the molecule is C=C(/C=C\C(=C)OC(=O)c1cc2ccc(-c3ccc(CCC)cc3)cc2s1)CC. The van der Waals surface area contributed by atoms with E-state index in [0.717, 1.165) is 40.5 Å². The molecule has 3 heteroatoms. The maximum atomic E-state index is 12.5. The average Bonchev–Trinajstić information content (AvgIpc) is 3.16. The van der Waals surface area contributed by atoms with Gasteiger partial charge in [-0.25, -0.2) is 4.79 Å². The van der Waals surface area contributed by atoms with Gasteiger partial charge in [-0.3, -0.25) is 0 Å². The second kappa shape index (κ2) is 9.53. The zero-order chi connectivity index (χ0) is 20.8. The molecule has 0 atom stereocenters. The van der Waals surface area contributed by atoms with Crippen LogP contribution in [0.25, 0.3) is 21.2 Å². The van der Waals surface area contributed by atoms with E-state index in [1.165, 1.54) is 22.5 Å². The van der Waals surface area contributed by atoms with E-state index in [4.69, 9.17) is 4.74 Å². The summed E-state index contributed by atoms with van der Waals surface area (Å²) in [4.78, 5) is 13.0. The van der Waals surface area contributed by atoms with Crippen molar-refractivity contribution in [3.63, 3.8) is 0 Å². The van der Waals surface area contributed by atoms with E-state index in [-0.39, 0.29) is 5.97 Å². The highest BCUT2D eigenvalue weighted by Crippen LogP contribution is 2.31. The van der Waals surface area contributed by atoms with Gasteiger partial charge in [-0.15, -0.1) is 11.3 Å². The monoisotopic (exact) mass is 402 g/mol. The Morgan fingerprint density at radius 2 is 1.72 bits per heavy atom. The minimum atomic E-state index is -0.381. The van der Waals surface area contributed by atoms with E-state index in [9.17, 15) is 4.79 Å². The fourth-order valence-corrected chi connectivity index (χ4v) is 3.97. The molecule has 148 valence electrons. The molecule has 0 N–H and O–H groups in total. The van der Waals surface area contributed by atoms with Gasteiger partial charge >= 0.3 is 5.97 Å². The van der Waals surface area contributed by atoms with E-state index in [1.807, 2.05) is 19.1 Å². The lowest BCUT2D eigenvalue weighted by Crippen LogP contribution is -2.00. The standard InChI is InChI=1S/C26H26O2S/c1-5-7-20-10-12-21(13-11-20)22-14-15-23-17-25(29-24(23)16-22)26(27)28-19(4)9-8-18(3)6-2/h8-17H,3-7H2,1-2H3/b9-8-. The number of allylic oxidation sites excluding steroid dienone is 3. The van der Waals surface area contributed by atoms with Crippen molar-refractivity contribution in [1.29, 1.82) is 0 Å². The van der Waals surface area contributed by atoms with Crippen molar-refractivity contribution in [2.24, 2.45) is 0 Å². The van der Waals surface area contributed by atoms with Crippen LogP contribution in [-0.2, 0) is 11.2 Å². The topological polar surface area (TPSA) is 26.3 Å². The quantitative estimate of drug-likeness (QED) is 0.219. The average molecular weight is 403 g/mol. The first-order valence-electron chi connectivity index (χ1n) is 9.90. The van der Waals surface area contributed by atoms with Gasteiger partial charge in [0.05, 0.1) is 0 Å². The fraction of sp³-hybridized carbons (Fsp3) is 0.192. The number of aryl methyl sites for hydroxylation is 1. The van der Waals surface area contributed by atoms with Gasteiger partial charge in [0.2, 0.25) is 0 Å². The summed E-state index contributed by atoms with van der Waals surface area (Å²) in [5, 5.41) is 1.04. The summed E-state index contributed by atoms with van der Waals surface area (Å²) in [6.45, 7) is 11.9. The number of benzene rings is 2. The minimum absolute atomic E-state index is 0.315. The van der Waals surface area contributed by atoms with Crippen molar-refractivity contribution in [1.82, 2.24) is 0 Å². The molecule has 0 radical (unpaired) electrons. The van der Waals surface area contributed by atoms with E-state index >= 15 is 0 Å². The van der Waals surface area contributed by atoms with Crippen LogP contribution in [0.3, 0.4) is 0 Å². The van der Waals surface area contributed by atoms with Crippen molar-refractivity contribution in [3.05, 3.63) is 95.6 Å². The summed E-state index contributed by atoms with van der Waals surface area (Å²) >= 11 is 1.44. The van der Waals surface area contributed by atoms with E-state index < -0.39 is 0 Å². The molecule has 3 aromatic rings. The largest absolute Gasteiger partial charge is 0.423 e. The maximum absolute atomic E-state index is 12.5. The molecule has 3 rings (SSSR count). The molecule has 0 saturated carbocycles. The van der Waals surface area contributed by atoms with Gasteiger partial charge < -0.3 is 4.74 Å². The summed E-state index contributed by atoms with van der Waals surface area (Å²) < 4.78 is 6.42. The number of rotatable bonds is 8. The molecule has 0 spiro atoms. The Bertz CT molecular complexity index is 1070. The molecule has 0 saturated heterocycles. The van der Waals surface area contributed by atoms with E-state index in [1.54, 1.807) is 6.08 Å². The third-order valence-electron chi connectivity index (χ3n) is 4.73. The third-order valence-corrected chi connectivity index (χ3v) is 5.81. The van der Waals surface area contributed by atoms with Gasteiger partial charge in [-0.1, -0.05) is 81.5 Å². The number of ether oxygens (including phenoxy) is 1. The third kappa shape index (κ3) is 5.33. The lowest BCUT2D eigenvalue weighted by molar-refractivity contribution is 0.0644. The highest BCUT2D eigenvalue weighted by atomic mass is 32.1. The molecule has 1 aromatic heterocycles. The molecule has 0 aliphatic carbocycles. The summed E-state index contributed by atoms with van der Waals surface area (Å²) in [6.07, 6.45) is 6.59. The molecule has 0 unspecified atom stereocenters. The predicted molar refractivity (Wildman–Crippen MR) is 124 cm³/mol. The van der Waals surface area contributed by atoms with Crippen LogP contribution in [0.15, 0.2) is 85.2 Å². The van der Waals surface area contributed by atoms with Gasteiger partial charge in [0, 0.05) is 4.70 Å². The Labute approximate surface area is 176 Å². The molecule has 0 amide bonds. The number of fused-ring (bicyclic) bond motifs is 1. The smallest absolute Gasteiger partial charge is 0.353 e. The summed E-state index contributed by atoms with van der Waals surface area (Å²) in [5.74, 6) is -0.0663. The molecule has 2 aromatic carbocycles. The first kappa shape index (κ1) is 20.8. The van der Waals surface area contributed by atoms with Gasteiger partial charge in [0.25, 0.3) is 0 Å². The summed E-state index contributed by atoms with van der Waals surface area (Å²) in [6, 6.07) is 16.9. The minimum Gasteiger partial charge on any atom is -0.423 e. The summed E-state index contributed by atoms with van der Waals surface area (Å²) in [7, 11) is 0. The van der Waals surface area contributed by atoms with Crippen LogP contribution in [0.1, 0.15) is 41.9 Å². The zero-order valence-corrected chi connectivity index (χ0v) is 17.9. The number of hydrogen-bond acceptors (Lipinski definition) is 3. The second-order valence-corrected chi connectivity index (χ2v) is 8.09. The van der Waals surface area contributed by atoms with Crippen LogP contribution in [0.2, 0.25) is 0 Å². The number of hydrogen-bond donors (Lipinski definition) is 0. The Morgan fingerprint density at radius 1 is 1.00 bits per heavy atom. The fourth-order valence-electron chi connectivity index (χ4n) is 3.00. The van der Waals surface area contributed by atoms with Crippen LogP contribution in [0, 0.1) is 0 Å². The van der Waals surface area contributed by atoms with Crippen LogP contribution < -0.4 is 0 Å². The number of carbonyl (C=O) groups excluding carboxylic acids is 1. The van der Waals surface area contributed by atoms with Crippen molar-refractivity contribution in [2.45, 2.75) is 33.1 Å². The summed E-state index contributed by atoms with van der Waals surface area (Å²) in [5.41, 5.74) is 4.64.